The molecule has 0 atom stereocenters. The van der Waals surface area contributed by atoms with E-state index in [9.17, 15) is 13.2 Å². The second kappa shape index (κ2) is 10.6. The zero-order valence-corrected chi connectivity index (χ0v) is 22.4. The van der Waals surface area contributed by atoms with Gasteiger partial charge in [-0.15, -0.1) is 0 Å². The number of aromatic nitrogens is 3. The van der Waals surface area contributed by atoms with Crippen molar-refractivity contribution in [1.82, 2.24) is 14.5 Å². The first kappa shape index (κ1) is 25.9. The lowest BCUT2D eigenvalue weighted by Gasteiger charge is -2.18. The fourth-order valence-electron chi connectivity index (χ4n) is 4.41. The third-order valence-electron chi connectivity index (χ3n) is 6.19. The minimum absolute atomic E-state index is 0.0142. The van der Waals surface area contributed by atoms with Crippen LogP contribution in [0.1, 0.15) is 12.5 Å². The van der Waals surface area contributed by atoms with Crippen molar-refractivity contribution in [2.75, 3.05) is 18.4 Å². The molecule has 198 valence electrons. The van der Waals surface area contributed by atoms with Gasteiger partial charge in [0, 0.05) is 23.8 Å². The van der Waals surface area contributed by atoms with Gasteiger partial charge in [0.25, 0.3) is 15.6 Å². The fraction of sp³-hybridized carbons (Fsp3) is 0.138. The van der Waals surface area contributed by atoms with Crippen molar-refractivity contribution in [3.05, 3.63) is 101 Å². The number of pyridine rings is 1. The number of methoxy groups -OCH3 is 1. The van der Waals surface area contributed by atoms with Gasteiger partial charge in [0.05, 0.1) is 29.8 Å². The third kappa shape index (κ3) is 5.19. The van der Waals surface area contributed by atoms with Gasteiger partial charge in [-0.3, -0.25) is 9.36 Å². The van der Waals surface area contributed by atoms with Crippen LogP contribution in [0.3, 0.4) is 0 Å². The van der Waals surface area contributed by atoms with E-state index < -0.39 is 10.0 Å². The van der Waals surface area contributed by atoms with Crippen LogP contribution in [0, 0.1) is 6.92 Å². The maximum Gasteiger partial charge on any atom is 0.264 e. The summed E-state index contributed by atoms with van der Waals surface area (Å²) in [5, 5.41) is 0.555. The Morgan fingerprint density at radius 3 is 2.49 bits per heavy atom. The number of hydrogen-bond donors (Lipinski definition) is 1. The third-order valence-corrected chi connectivity index (χ3v) is 7.52. The quantitative estimate of drug-likeness (QED) is 0.295. The minimum Gasteiger partial charge on any atom is -0.495 e. The number of rotatable bonds is 8. The lowest BCUT2D eigenvalue weighted by Crippen LogP contribution is -2.19. The highest BCUT2D eigenvalue weighted by Crippen LogP contribution is 2.35. The van der Waals surface area contributed by atoms with E-state index in [4.69, 9.17) is 9.47 Å². The average Bonchev–Trinajstić information content (AvgIpc) is 2.93. The van der Waals surface area contributed by atoms with Crippen molar-refractivity contribution in [3.8, 4) is 28.3 Å². The second-order valence-electron chi connectivity index (χ2n) is 8.71. The number of anilines is 1. The summed E-state index contributed by atoms with van der Waals surface area (Å²) in [4.78, 5) is 21.0. The Hall–Kier alpha value is -4.70. The molecule has 3 aromatic carbocycles. The van der Waals surface area contributed by atoms with E-state index in [1.807, 2.05) is 50.2 Å². The van der Waals surface area contributed by atoms with Gasteiger partial charge in [0.1, 0.15) is 11.5 Å². The normalized spacial score (nSPS) is 11.4. The van der Waals surface area contributed by atoms with Gasteiger partial charge in [-0.2, -0.15) is 0 Å². The van der Waals surface area contributed by atoms with Crippen LogP contribution in [0.25, 0.3) is 27.7 Å². The molecule has 0 radical (unpaired) electrons. The van der Waals surface area contributed by atoms with Crippen molar-refractivity contribution in [2.45, 2.75) is 18.7 Å². The van der Waals surface area contributed by atoms with Crippen molar-refractivity contribution in [1.29, 1.82) is 0 Å². The first-order valence-corrected chi connectivity index (χ1v) is 13.7. The monoisotopic (exact) mass is 542 g/mol. The Morgan fingerprint density at radius 1 is 0.949 bits per heavy atom. The Kier molecular flexibility index (Phi) is 7.03. The predicted octanol–water partition coefficient (Wildman–Crippen LogP) is 4.96. The molecular weight excluding hydrogens is 516 g/mol. The highest BCUT2D eigenvalue weighted by Gasteiger charge is 2.19. The van der Waals surface area contributed by atoms with Crippen LogP contribution in [0.15, 0.2) is 94.9 Å². The highest BCUT2D eigenvalue weighted by atomic mass is 32.2. The average molecular weight is 543 g/mol. The topological polar surface area (TPSA) is 112 Å². The summed E-state index contributed by atoms with van der Waals surface area (Å²) in [5.74, 6) is 1.23. The summed E-state index contributed by atoms with van der Waals surface area (Å²) in [6.45, 7) is 4.46. The van der Waals surface area contributed by atoms with Gasteiger partial charge < -0.3 is 9.47 Å². The van der Waals surface area contributed by atoms with Gasteiger partial charge >= 0.3 is 0 Å². The Labute approximate surface area is 225 Å². The lowest BCUT2D eigenvalue weighted by atomic mass is 9.99. The maximum absolute atomic E-state index is 13.2. The number of sulfonamides is 1. The first-order chi connectivity index (χ1) is 18.8. The molecule has 0 aliphatic heterocycles. The maximum atomic E-state index is 13.2. The van der Waals surface area contributed by atoms with E-state index in [0.717, 1.165) is 22.4 Å². The van der Waals surface area contributed by atoms with Crippen LogP contribution >= 0.6 is 0 Å². The number of fused-ring (bicyclic) bond motifs is 1. The molecule has 0 aliphatic carbocycles. The van der Waals surface area contributed by atoms with Crippen LogP contribution in [-0.4, -0.2) is 36.7 Å². The van der Waals surface area contributed by atoms with Crippen LogP contribution in [0.5, 0.6) is 11.5 Å². The molecule has 5 aromatic rings. The van der Waals surface area contributed by atoms with Crippen molar-refractivity contribution in [2.24, 2.45) is 0 Å². The van der Waals surface area contributed by atoms with E-state index in [1.165, 1.54) is 35.2 Å². The molecule has 0 saturated carbocycles. The van der Waals surface area contributed by atoms with Crippen LogP contribution in [-0.2, 0) is 10.0 Å². The molecule has 2 aromatic heterocycles. The van der Waals surface area contributed by atoms with Crippen molar-refractivity contribution < 1.29 is 17.9 Å². The van der Waals surface area contributed by atoms with Gasteiger partial charge in [-0.25, -0.2) is 23.1 Å². The molecule has 0 spiro atoms. The minimum atomic E-state index is -3.95. The molecule has 39 heavy (non-hydrogen) atoms. The first-order valence-electron chi connectivity index (χ1n) is 12.2. The van der Waals surface area contributed by atoms with E-state index in [-0.39, 0.29) is 16.4 Å². The lowest BCUT2D eigenvalue weighted by molar-refractivity contribution is 0.340. The van der Waals surface area contributed by atoms with Gasteiger partial charge in [0.2, 0.25) is 5.95 Å². The Balaban J connectivity index is 1.61. The molecule has 0 amide bonds. The zero-order valence-electron chi connectivity index (χ0n) is 21.6. The Bertz CT molecular complexity index is 1840. The summed E-state index contributed by atoms with van der Waals surface area (Å²) in [6, 6.07) is 20.7. The predicted molar refractivity (Wildman–Crippen MR) is 150 cm³/mol. The molecule has 9 nitrogen and oxygen atoms in total. The number of aryl methyl sites for hydroxylation is 1. The van der Waals surface area contributed by atoms with Crippen LogP contribution < -0.4 is 19.8 Å². The number of ether oxygens (including phenoxy) is 2. The van der Waals surface area contributed by atoms with Gasteiger partial charge in [-0.05, 0) is 85.1 Å². The molecule has 2 heterocycles. The van der Waals surface area contributed by atoms with E-state index in [0.29, 0.717) is 28.9 Å². The highest BCUT2D eigenvalue weighted by molar-refractivity contribution is 7.92. The fourth-order valence-corrected chi connectivity index (χ4v) is 5.41. The summed E-state index contributed by atoms with van der Waals surface area (Å²) in [7, 11) is -2.40. The number of nitrogens with zero attached hydrogens (tertiary/aromatic N) is 3. The summed E-state index contributed by atoms with van der Waals surface area (Å²) >= 11 is 0. The molecule has 0 bridgehead atoms. The van der Waals surface area contributed by atoms with Crippen molar-refractivity contribution in [3.63, 3.8) is 0 Å². The number of nitrogens with one attached hydrogen (secondary N) is 1. The van der Waals surface area contributed by atoms with Gasteiger partial charge in [-0.1, -0.05) is 12.1 Å². The van der Waals surface area contributed by atoms with Crippen molar-refractivity contribution >= 4 is 26.9 Å². The standard InChI is InChI=1S/C29H26N4O5S/c1-4-38-22-8-5-7-20(16-22)24-18-27(37-3)26(15-19(24)2)33-25-11-10-23(17-21(25)9-12-28(33)34)39(35,36)32-29-30-13-6-14-31-29/h5-18H,4H2,1-3H3,(H,30,31,32). The summed E-state index contributed by atoms with van der Waals surface area (Å²) in [5.41, 5.74) is 3.61. The van der Waals surface area contributed by atoms with Crippen LogP contribution in [0.4, 0.5) is 5.95 Å². The molecule has 0 fully saturated rings. The smallest absolute Gasteiger partial charge is 0.264 e. The van der Waals surface area contributed by atoms with Gasteiger partial charge in [0.15, 0.2) is 0 Å². The van der Waals surface area contributed by atoms with E-state index in [2.05, 4.69) is 14.7 Å². The molecular formula is C29H26N4O5S. The largest absolute Gasteiger partial charge is 0.495 e. The molecule has 0 unspecified atom stereocenters. The van der Waals surface area contributed by atoms with E-state index in [1.54, 1.807) is 25.3 Å². The molecule has 10 heteroatoms. The van der Waals surface area contributed by atoms with E-state index >= 15 is 0 Å². The summed E-state index contributed by atoms with van der Waals surface area (Å²) < 4.78 is 41.2. The molecule has 0 aliphatic rings. The SMILES string of the molecule is CCOc1cccc(-c2cc(OC)c(-n3c(=O)ccc4cc(S(=O)(=O)Nc5ncccn5)ccc43)cc2C)c1. The number of benzene rings is 3. The Morgan fingerprint density at radius 2 is 1.74 bits per heavy atom. The number of hydrogen-bond acceptors (Lipinski definition) is 7. The molecule has 0 saturated heterocycles. The summed E-state index contributed by atoms with van der Waals surface area (Å²) in [6.07, 6.45) is 2.89. The molecule has 5 rings (SSSR count). The van der Waals surface area contributed by atoms with Crippen LogP contribution in [0.2, 0.25) is 0 Å². The second-order valence-corrected chi connectivity index (χ2v) is 10.4. The zero-order chi connectivity index (χ0) is 27.6. The molecule has 1 N–H and O–H groups in total.